The van der Waals surface area contributed by atoms with Gasteiger partial charge in [-0.25, -0.2) is 0 Å². The molecule has 2 rings (SSSR count). The molecule has 0 aliphatic carbocycles. The highest BCUT2D eigenvalue weighted by Crippen LogP contribution is 2.20. The van der Waals surface area contributed by atoms with Gasteiger partial charge in [0.15, 0.2) is 0 Å². The van der Waals surface area contributed by atoms with Crippen LogP contribution in [-0.2, 0) is 0 Å². The fourth-order valence-corrected chi connectivity index (χ4v) is 2.18. The highest BCUT2D eigenvalue weighted by atomic mass is 35.5. The lowest BCUT2D eigenvalue weighted by atomic mass is 10.1. The van der Waals surface area contributed by atoms with Crippen LogP contribution in [0.25, 0.3) is 0 Å². The maximum atomic E-state index is 12.1. The highest BCUT2D eigenvalue weighted by Gasteiger charge is 2.18. The minimum Gasteiger partial charge on any atom is -0.267 e. The average molecular weight is 334 g/mol. The van der Waals surface area contributed by atoms with Crippen LogP contribution in [0.2, 0.25) is 5.02 Å². The Bertz CT molecular complexity index is 792. The van der Waals surface area contributed by atoms with Crippen molar-refractivity contribution in [2.24, 2.45) is 0 Å². The van der Waals surface area contributed by atoms with E-state index in [1.165, 1.54) is 31.2 Å². The second kappa shape index (κ2) is 6.89. The van der Waals surface area contributed by atoms with Crippen molar-refractivity contribution >= 4 is 29.1 Å². The number of nitro benzene ring substituents is 1. The molecule has 2 N–H and O–H groups in total. The number of hydrogen-bond acceptors (Lipinski definition) is 4. The first-order chi connectivity index (χ1) is 10.9. The highest BCUT2D eigenvalue weighted by molar-refractivity contribution is 6.33. The normalized spacial score (nSPS) is 10.0. The van der Waals surface area contributed by atoms with Crippen molar-refractivity contribution in [3.05, 3.63) is 74.3 Å². The summed E-state index contributed by atoms with van der Waals surface area (Å²) in [4.78, 5) is 34.3. The number of carbonyl (C=O) groups excluding carboxylic acids is 2. The number of halogens is 1. The minimum absolute atomic E-state index is 0.0960. The van der Waals surface area contributed by atoms with Crippen molar-refractivity contribution in [1.29, 1.82) is 0 Å². The summed E-state index contributed by atoms with van der Waals surface area (Å²) < 4.78 is 0. The molecular formula is C15H12ClN3O4. The van der Waals surface area contributed by atoms with Crippen molar-refractivity contribution in [2.45, 2.75) is 6.92 Å². The Morgan fingerprint density at radius 1 is 1.00 bits per heavy atom. The summed E-state index contributed by atoms with van der Waals surface area (Å²) in [5.74, 6) is -1.25. The van der Waals surface area contributed by atoms with Gasteiger partial charge in [-0.05, 0) is 25.1 Å². The summed E-state index contributed by atoms with van der Waals surface area (Å²) >= 11 is 5.88. The molecule has 0 bridgehead atoms. The lowest BCUT2D eigenvalue weighted by molar-refractivity contribution is -0.385. The zero-order chi connectivity index (χ0) is 17.0. The molecule has 0 unspecified atom stereocenters. The van der Waals surface area contributed by atoms with Crippen molar-refractivity contribution in [3.63, 3.8) is 0 Å². The molecule has 0 aliphatic heterocycles. The zero-order valence-corrected chi connectivity index (χ0v) is 12.8. The Hall–Kier alpha value is -2.93. The van der Waals surface area contributed by atoms with Crippen LogP contribution in [0.3, 0.4) is 0 Å². The predicted molar refractivity (Wildman–Crippen MR) is 84.2 cm³/mol. The van der Waals surface area contributed by atoms with E-state index >= 15 is 0 Å². The monoisotopic (exact) mass is 333 g/mol. The molecule has 0 radical (unpaired) electrons. The van der Waals surface area contributed by atoms with Crippen LogP contribution < -0.4 is 10.9 Å². The number of rotatable bonds is 3. The number of benzene rings is 2. The topological polar surface area (TPSA) is 101 Å². The maximum Gasteiger partial charge on any atom is 0.273 e. The number of carbonyl (C=O) groups is 2. The van der Waals surface area contributed by atoms with Gasteiger partial charge in [0.2, 0.25) is 0 Å². The molecule has 0 heterocycles. The smallest absolute Gasteiger partial charge is 0.267 e. The van der Waals surface area contributed by atoms with Gasteiger partial charge in [-0.15, -0.1) is 0 Å². The van der Waals surface area contributed by atoms with Crippen LogP contribution in [0.5, 0.6) is 0 Å². The molecule has 2 aromatic carbocycles. The van der Waals surface area contributed by atoms with E-state index in [9.17, 15) is 19.7 Å². The fourth-order valence-electron chi connectivity index (χ4n) is 1.96. The van der Waals surface area contributed by atoms with Gasteiger partial charge in [0.25, 0.3) is 17.5 Å². The van der Waals surface area contributed by atoms with Crippen molar-refractivity contribution in [3.8, 4) is 0 Å². The third-order valence-electron chi connectivity index (χ3n) is 3.15. The second-order valence-corrected chi connectivity index (χ2v) is 5.00. The van der Waals surface area contributed by atoms with Crippen LogP contribution in [0.1, 0.15) is 26.3 Å². The summed E-state index contributed by atoms with van der Waals surface area (Å²) in [5, 5.41) is 11.1. The molecule has 0 saturated heterocycles. The van der Waals surface area contributed by atoms with E-state index < -0.39 is 16.7 Å². The van der Waals surface area contributed by atoms with E-state index in [0.717, 1.165) is 0 Å². The molecule has 0 atom stereocenters. The van der Waals surface area contributed by atoms with Gasteiger partial charge in [-0.2, -0.15) is 0 Å². The lowest BCUT2D eigenvalue weighted by Crippen LogP contribution is -2.42. The average Bonchev–Trinajstić information content (AvgIpc) is 2.52. The Balaban J connectivity index is 2.12. The summed E-state index contributed by atoms with van der Waals surface area (Å²) in [6.45, 7) is 1.46. The van der Waals surface area contributed by atoms with Crippen molar-refractivity contribution in [2.75, 3.05) is 0 Å². The standard InChI is InChI=1S/C15H12ClN3O4/c1-9-10(6-4-8-13(9)19(22)23)14(20)17-18-15(21)11-5-2-3-7-12(11)16/h2-8H,1H3,(H,17,20)(H,18,21). The first-order valence-electron chi connectivity index (χ1n) is 6.51. The number of amides is 2. The van der Waals surface area contributed by atoms with Gasteiger partial charge in [0.1, 0.15) is 0 Å². The van der Waals surface area contributed by atoms with E-state index in [1.54, 1.807) is 18.2 Å². The molecule has 2 amide bonds. The molecule has 0 aromatic heterocycles. The van der Waals surface area contributed by atoms with Gasteiger partial charge in [0.05, 0.1) is 21.1 Å². The summed E-state index contributed by atoms with van der Waals surface area (Å²) in [7, 11) is 0. The molecule has 0 spiro atoms. The molecule has 2 aromatic rings. The maximum absolute atomic E-state index is 12.1. The van der Waals surface area contributed by atoms with Crippen LogP contribution in [0.4, 0.5) is 5.69 Å². The van der Waals surface area contributed by atoms with E-state index in [1.807, 2.05) is 0 Å². The Morgan fingerprint density at radius 3 is 2.17 bits per heavy atom. The quantitative estimate of drug-likeness (QED) is 0.665. The number of hydrazine groups is 1. The third kappa shape index (κ3) is 3.64. The summed E-state index contributed by atoms with van der Waals surface area (Å²) in [6.07, 6.45) is 0. The molecule has 7 nitrogen and oxygen atoms in total. The van der Waals surface area contributed by atoms with Crippen LogP contribution in [-0.4, -0.2) is 16.7 Å². The van der Waals surface area contributed by atoms with Crippen molar-refractivity contribution in [1.82, 2.24) is 10.9 Å². The summed E-state index contributed by atoms with van der Waals surface area (Å²) in [6, 6.07) is 10.5. The van der Waals surface area contributed by atoms with E-state index in [-0.39, 0.29) is 27.4 Å². The van der Waals surface area contributed by atoms with E-state index in [4.69, 9.17) is 11.6 Å². The Kier molecular flexibility index (Phi) is 4.92. The first-order valence-corrected chi connectivity index (χ1v) is 6.89. The number of nitrogens with one attached hydrogen (secondary N) is 2. The lowest BCUT2D eigenvalue weighted by Gasteiger charge is -2.10. The van der Waals surface area contributed by atoms with Crippen LogP contribution in [0.15, 0.2) is 42.5 Å². The number of nitro groups is 1. The SMILES string of the molecule is Cc1c(C(=O)NNC(=O)c2ccccc2Cl)cccc1[N+](=O)[O-]. The molecule has 0 saturated carbocycles. The van der Waals surface area contributed by atoms with Gasteiger partial charge in [0, 0.05) is 11.6 Å². The molecule has 118 valence electrons. The molecular weight excluding hydrogens is 322 g/mol. The summed E-state index contributed by atoms with van der Waals surface area (Å²) in [5.41, 5.74) is 4.77. The largest absolute Gasteiger partial charge is 0.273 e. The van der Waals surface area contributed by atoms with Gasteiger partial charge in [-0.1, -0.05) is 29.8 Å². The Labute approximate surface area is 136 Å². The second-order valence-electron chi connectivity index (χ2n) is 4.59. The van der Waals surface area contributed by atoms with Crippen LogP contribution >= 0.6 is 11.6 Å². The molecule has 8 heteroatoms. The van der Waals surface area contributed by atoms with E-state index in [0.29, 0.717) is 0 Å². The fraction of sp³-hybridized carbons (Fsp3) is 0.0667. The predicted octanol–water partition coefficient (Wildman–Crippen LogP) is 2.63. The van der Waals surface area contributed by atoms with Gasteiger partial charge in [-0.3, -0.25) is 30.6 Å². The molecule has 0 aliphatic rings. The minimum atomic E-state index is -0.661. The Morgan fingerprint density at radius 2 is 1.57 bits per heavy atom. The number of hydrogen-bond donors (Lipinski definition) is 2. The third-order valence-corrected chi connectivity index (χ3v) is 3.48. The van der Waals surface area contributed by atoms with Crippen LogP contribution in [0, 0.1) is 17.0 Å². The molecule has 0 fully saturated rings. The zero-order valence-electron chi connectivity index (χ0n) is 12.0. The first kappa shape index (κ1) is 16.4. The van der Waals surface area contributed by atoms with Crippen molar-refractivity contribution < 1.29 is 14.5 Å². The van der Waals surface area contributed by atoms with E-state index in [2.05, 4.69) is 10.9 Å². The molecule has 23 heavy (non-hydrogen) atoms. The van der Waals surface area contributed by atoms with Gasteiger partial charge < -0.3 is 0 Å². The number of nitrogens with zero attached hydrogens (tertiary/aromatic N) is 1. The van der Waals surface area contributed by atoms with Gasteiger partial charge >= 0.3 is 0 Å².